The molecule has 0 bridgehead atoms. The van der Waals surface area contributed by atoms with Gasteiger partial charge in [-0.2, -0.15) is 0 Å². The number of hydrogen-bond acceptors (Lipinski definition) is 7. The molecule has 1 saturated carbocycles. The Balaban J connectivity index is 1.03. The van der Waals surface area contributed by atoms with E-state index in [9.17, 15) is 13.6 Å². The molecule has 0 N–H and O–H groups in total. The zero-order valence-corrected chi connectivity index (χ0v) is 21.4. The number of amides is 1. The summed E-state index contributed by atoms with van der Waals surface area (Å²) in [4.78, 5) is 24.8. The van der Waals surface area contributed by atoms with E-state index in [1.165, 1.54) is 18.6 Å². The number of ether oxygens (including phenoxy) is 3. The normalized spacial score (nSPS) is 22.1. The lowest BCUT2D eigenvalue weighted by atomic mass is 9.90. The summed E-state index contributed by atoms with van der Waals surface area (Å²) in [6.07, 6.45) is 7.35. The SMILES string of the molecule is COc1cnc(N2CCC([C@H]3C[C@H]3CCOc3cc(F)c(CC(=O)N4CC(OC)C4)c(F)c3)CC2)nc1. The van der Waals surface area contributed by atoms with Crippen LogP contribution in [0, 0.1) is 29.4 Å². The van der Waals surface area contributed by atoms with E-state index in [1.54, 1.807) is 31.5 Å². The van der Waals surface area contributed by atoms with Gasteiger partial charge in [-0.25, -0.2) is 18.7 Å². The lowest BCUT2D eigenvalue weighted by Gasteiger charge is -2.38. The van der Waals surface area contributed by atoms with Crippen molar-refractivity contribution in [1.29, 1.82) is 0 Å². The number of aromatic nitrogens is 2. The van der Waals surface area contributed by atoms with Crippen LogP contribution >= 0.6 is 0 Å². The van der Waals surface area contributed by atoms with Gasteiger partial charge in [-0.3, -0.25) is 4.79 Å². The maximum absolute atomic E-state index is 14.6. The molecule has 5 rings (SSSR count). The summed E-state index contributed by atoms with van der Waals surface area (Å²) in [6.45, 7) is 3.21. The molecule has 1 amide bonds. The molecule has 2 saturated heterocycles. The van der Waals surface area contributed by atoms with Crippen LogP contribution in [0.1, 0.15) is 31.2 Å². The standard InChI is InChI=1S/C27H34F2N4O4/c1-35-20-13-30-27(31-14-20)32-6-3-17(4-7-32)22-9-18(22)5-8-37-19-10-24(28)23(25(29)11-19)12-26(34)33-15-21(16-33)36-2/h10-11,13-14,17-18,21-22H,3-9,12,15-16H2,1-2H3/t18-,22-/m1/s1. The summed E-state index contributed by atoms with van der Waals surface area (Å²) in [5.41, 5.74) is -0.216. The number of likely N-dealkylation sites (tertiary alicyclic amines) is 1. The number of nitrogens with zero attached hydrogens (tertiary/aromatic N) is 4. The molecule has 8 nitrogen and oxygen atoms in total. The molecule has 200 valence electrons. The van der Waals surface area contributed by atoms with Crippen LogP contribution in [0.2, 0.25) is 0 Å². The van der Waals surface area contributed by atoms with Crippen LogP contribution in [0.15, 0.2) is 24.5 Å². The summed E-state index contributed by atoms with van der Waals surface area (Å²) in [5, 5.41) is 0. The predicted molar refractivity (Wildman–Crippen MR) is 133 cm³/mol. The Morgan fingerprint density at radius 1 is 1.05 bits per heavy atom. The Bertz CT molecular complexity index is 1070. The molecular weight excluding hydrogens is 482 g/mol. The van der Waals surface area contributed by atoms with E-state index >= 15 is 0 Å². The van der Waals surface area contributed by atoms with Crippen molar-refractivity contribution >= 4 is 11.9 Å². The van der Waals surface area contributed by atoms with Gasteiger partial charge in [-0.1, -0.05) is 0 Å². The number of rotatable bonds is 10. The number of anilines is 1. The van der Waals surface area contributed by atoms with Crippen LogP contribution in [-0.2, 0) is 16.0 Å². The van der Waals surface area contributed by atoms with E-state index in [1.807, 2.05) is 0 Å². The summed E-state index contributed by atoms with van der Waals surface area (Å²) in [6, 6.07) is 2.36. The Morgan fingerprint density at radius 3 is 2.35 bits per heavy atom. The molecule has 3 fully saturated rings. The van der Waals surface area contributed by atoms with Gasteiger partial charge in [-0.05, 0) is 43.4 Å². The van der Waals surface area contributed by atoms with E-state index in [-0.39, 0.29) is 29.7 Å². The first-order valence-corrected chi connectivity index (χ1v) is 13.0. The van der Waals surface area contributed by atoms with Gasteiger partial charge in [0.1, 0.15) is 17.4 Å². The van der Waals surface area contributed by atoms with Gasteiger partial charge in [0.05, 0.1) is 38.6 Å². The van der Waals surface area contributed by atoms with Crippen LogP contribution in [0.3, 0.4) is 0 Å². The summed E-state index contributed by atoms with van der Waals surface area (Å²) < 4.78 is 45.1. The third-order valence-corrected chi connectivity index (χ3v) is 7.99. The first-order valence-electron chi connectivity index (χ1n) is 13.0. The topological polar surface area (TPSA) is 77.0 Å². The lowest BCUT2D eigenvalue weighted by Crippen LogP contribution is -2.54. The van der Waals surface area contributed by atoms with E-state index in [2.05, 4.69) is 14.9 Å². The zero-order chi connectivity index (χ0) is 25.9. The first-order chi connectivity index (χ1) is 17.9. The molecule has 10 heteroatoms. The molecule has 0 unspecified atom stereocenters. The third kappa shape index (κ3) is 5.95. The number of carbonyl (C=O) groups excluding carboxylic acids is 1. The number of methoxy groups -OCH3 is 2. The van der Waals surface area contributed by atoms with Crippen molar-refractivity contribution in [2.24, 2.45) is 17.8 Å². The molecule has 0 radical (unpaired) electrons. The van der Waals surface area contributed by atoms with Crippen molar-refractivity contribution in [3.8, 4) is 11.5 Å². The first kappa shape index (κ1) is 25.6. The molecule has 1 aromatic heterocycles. The molecule has 1 aromatic carbocycles. The summed E-state index contributed by atoms with van der Waals surface area (Å²) in [7, 11) is 3.18. The van der Waals surface area contributed by atoms with Crippen molar-refractivity contribution in [3.63, 3.8) is 0 Å². The molecule has 2 atom stereocenters. The van der Waals surface area contributed by atoms with Crippen LogP contribution in [0.4, 0.5) is 14.7 Å². The van der Waals surface area contributed by atoms with Gasteiger partial charge in [0, 0.05) is 51.0 Å². The number of benzene rings is 1. The molecule has 1 aliphatic carbocycles. The Hall–Kier alpha value is -3.01. The van der Waals surface area contributed by atoms with Crippen molar-refractivity contribution < 1.29 is 27.8 Å². The van der Waals surface area contributed by atoms with Crippen molar-refractivity contribution in [3.05, 3.63) is 41.7 Å². The van der Waals surface area contributed by atoms with Crippen molar-refractivity contribution in [2.45, 2.75) is 38.2 Å². The Morgan fingerprint density at radius 2 is 1.73 bits per heavy atom. The van der Waals surface area contributed by atoms with E-state index < -0.39 is 11.6 Å². The van der Waals surface area contributed by atoms with Gasteiger partial charge in [0.15, 0.2) is 5.75 Å². The largest absolute Gasteiger partial charge is 0.494 e. The van der Waals surface area contributed by atoms with Crippen LogP contribution < -0.4 is 14.4 Å². The highest BCUT2D eigenvalue weighted by Crippen LogP contribution is 2.49. The maximum atomic E-state index is 14.6. The highest BCUT2D eigenvalue weighted by molar-refractivity contribution is 5.79. The highest BCUT2D eigenvalue weighted by Gasteiger charge is 2.43. The fraction of sp³-hybridized carbons (Fsp3) is 0.593. The molecule has 2 aliphatic heterocycles. The maximum Gasteiger partial charge on any atom is 0.227 e. The van der Waals surface area contributed by atoms with E-state index in [4.69, 9.17) is 14.2 Å². The second-order valence-electron chi connectivity index (χ2n) is 10.2. The van der Waals surface area contributed by atoms with Gasteiger partial charge in [0.25, 0.3) is 0 Å². The number of hydrogen-bond donors (Lipinski definition) is 0. The fourth-order valence-corrected chi connectivity index (χ4v) is 5.50. The smallest absolute Gasteiger partial charge is 0.227 e. The number of carbonyl (C=O) groups is 1. The summed E-state index contributed by atoms with van der Waals surface area (Å²) >= 11 is 0. The van der Waals surface area contributed by atoms with Crippen LogP contribution in [0.5, 0.6) is 11.5 Å². The van der Waals surface area contributed by atoms with E-state index in [0.29, 0.717) is 43.2 Å². The van der Waals surface area contributed by atoms with Crippen LogP contribution in [0.25, 0.3) is 0 Å². The minimum absolute atomic E-state index is 0.00208. The molecule has 3 aliphatic rings. The Labute approximate surface area is 215 Å². The molecule has 0 spiro atoms. The minimum Gasteiger partial charge on any atom is -0.494 e. The van der Waals surface area contributed by atoms with Crippen molar-refractivity contribution in [1.82, 2.24) is 14.9 Å². The van der Waals surface area contributed by atoms with Crippen molar-refractivity contribution in [2.75, 3.05) is 51.9 Å². The second-order valence-corrected chi connectivity index (χ2v) is 10.2. The third-order valence-electron chi connectivity index (χ3n) is 7.99. The van der Waals surface area contributed by atoms with Gasteiger partial charge in [-0.15, -0.1) is 0 Å². The molecule has 3 heterocycles. The Kier molecular flexibility index (Phi) is 7.73. The number of piperidine rings is 1. The average molecular weight is 517 g/mol. The van der Waals surface area contributed by atoms with E-state index in [0.717, 1.165) is 38.3 Å². The lowest BCUT2D eigenvalue weighted by molar-refractivity contribution is -0.142. The molecular formula is C27H34F2N4O4. The second kappa shape index (κ2) is 11.2. The van der Waals surface area contributed by atoms with Gasteiger partial charge in [0.2, 0.25) is 11.9 Å². The quantitative estimate of drug-likeness (QED) is 0.479. The molecule has 2 aromatic rings. The monoisotopic (exact) mass is 516 g/mol. The minimum atomic E-state index is -0.746. The predicted octanol–water partition coefficient (Wildman–Crippen LogP) is 3.48. The highest BCUT2D eigenvalue weighted by atomic mass is 19.1. The van der Waals surface area contributed by atoms with Crippen LogP contribution in [-0.4, -0.2) is 73.9 Å². The zero-order valence-electron chi connectivity index (χ0n) is 21.4. The number of halogens is 2. The molecule has 37 heavy (non-hydrogen) atoms. The summed E-state index contributed by atoms with van der Waals surface area (Å²) in [5.74, 6) is 1.72. The average Bonchev–Trinajstić information content (AvgIpc) is 3.65. The van der Waals surface area contributed by atoms with Gasteiger partial charge >= 0.3 is 0 Å². The van der Waals surface area contributed by atoms with Gasteiger partial charge < -0.3 is 24.0 Å². The fourth-order valence-electron chi connectivity index (χ4n) is 5.50.